The van der Waals surface area contributed by atoms with Crippen molar-refractivity contribution in [1.29, 1.82) is 0 Å². The number of nitrogens with one attached hydrogen (secondary N) is 1. The zero-order valence-electron chi connectivity index (χ0n) is 8.66. The fraction of sp³-hybridized carbons (Fsp3) is 0.600. The summed E-state index contributed by atoms with van der Waals surface area (Å²) in [5.74, 6) is 2.69. The van der Waals surface area contributed by atoms with E-state index >= 15 is 0 Å². The molecule has 0 fully saturated rings. The molecule has 0 aromatic rings. The summed E-state index contributed by atoms with van der Waals surface area (Å²) in [6, 6.07) is -0.791. The third-order valence-corrected chi connectivity index (χ3v) is 2.63. The fourth-order valence-electron chi connectivity index (χ4n) is 0.937. The largest absolute Gasteiger partial charge is 0.480 e. The molecule has 4 nitrogen and oxygen atoms in total. The highest BCUT2D eigenvalue weighted by Crippen LogP contribution is 2.06. The van der Waals surface area contributed by atoms with Crippen molar-refractivity contribution < 1.29 is 14.7 Å². The second-order valence-electron chi connectivity index (χ2n) is 2.95. The summed E-state index contributed by atoms with van der Waals surface area (Å²) < 4.78 is 0. The number of aliphatic carboxylic acids is 1. The Labute approximate surface area is 93.8 Å². The molecule has 0 aromatic heterocycles. The van der Waals surface area contributed by atoms with Crippen LogP contribution in [0.2, 0.25) is 0 Å². The van der Waals surface area contributed by atoms with Gasteiger partial charge in [-0.1, -0.05) is 0 Å². The quantitative estimate of drug-likeness (QED) is 0.499. The van der Waals surface area contributed by atoms with Crippen LogP contribution in [-0.4, -0.2) is 34.5 Å². The average Bonchev–Trinajstić information content (AvgIpc) is 2.15. The SMILES string of the molecule is C#CCCSCCC(NC(C)=O)C(=O)O. The first kappa shape index (κ1) is 13.8. The Morgan fingerprint density at radius 3 is 2.67 bits per heavy atom. The van der Waals surface area contributed by atoms with Crippen molar-refractivity contribution in [2.24, 2.45) is 0 Å². The summed E-state index contributed by atoms with van der Waals surface area (Å²) in [6.45, 7) is 1.31. The number of thioether (sulfide) groups is 1. The Bertz CT molecular complexity index is 260. The van der Waals surface area contributed by atoms with Gasteiger partial charge in [-0.2, -0.15) is 11.8 Å². The summed E-state index contributed by atoms with van der Waals surface area (Å²) in [4.78, 5) is 21.4. The van der Waals surface area contributed by atoms with Crippen LogP contribution < -0.4 is 5.32 Å². The van der Waals surface area contributed by atoms with Crippen LogP contribution in [0.25, 0.3) is 0 Å². The Kier molecular flexibility index (Phi) is 7.56. The van der Waals surface area contributed by atoms with Gasteiger partial charge >= 0.3 is 5.97 Å². The lowest BCUT2D eigenvalue weighted by molar-refractivity contribution is -0.141. The molecular weight excluding hydrogens is 214 g/mol. The van der Waals surface area contributed by atoms with E-state index in [0.717, 1.165) is 5.75 Å². The van der Waals surface area contributed by atoms with E-state index in [9.17, 15) is 9.59 Å². The van der Waals surface area contributed by atoms with Gasteiger partial charge in [-0.05, 0) is 12.2 Å². The molecule has 0 bridgehead atoms. The van der Waals surface area contributed by atoms with Gasteiger partial charge in [-0.25, -0.2) is 4.79 Å². The molecule has 5 heteroatoms. The highest BCUT2D eigenvalue weighted by molar-refractivity contribution is 7.99. The average molecular weight is 229 g/mol. The van der Waals surface area contributed by atoms with E-state index in [4.69, 9.17) is 11.5 Å². The van der Waals surface area contributed by atoms with Gasteiger partial charge in [0.25, 0.3) is 0 Å². The second-order valence-corrected chi connectivity index (χ2v) is 4.17. The topological polar surface area (TPSA) is 66.4 Å². The number of terminal acetylenes is 1. The van der Waals surface area contributed by atoms with Gasteiger partial charge in [-0.3, -0.25) is 4.79 Å². The van der Waals surface area contributed by atoms with Crippen molar-refractivity contribution in [3.05, 3.63) is 0 Å². The van der Waals surface area contributed by atoms with Crippen LogP contribution in [0, 0.1) is 12.3 Å². The first-order chi connectivity index (χ1) is 7.07. The Balaban J connectivity index is 3.73. The van der Waals surface area contributed by atoms with Crippen molar-refractivity contribution in [2.45, 2.75) is 25.8 Å². The normalized spacial score (nSPS) is 11.5. The number of carboxylic acids is 1. The van der Waals surface area contributed by atoms with Gasteiger partial charge in [0.15, 0.2) is 0 Å². The zero-order chi connectivity index (χ0) is 11.7. The summed E-state index contributed by atoms with van der Waals surface area (Å²) in [7, 11) is 0. The lowest BCUT2D eigenvalue weighted by Crippen LogP contribution is -2.39. The number of hydrogen-bond acceptors (Lipinski definition) is 3. The first-order valence-corrected chi connectivity index (χ1v) is 5.74. The maximum atomic E-state index is 10.7. The van der Waals surface area contributed by atoms with Gasteiger partial charge in [0.05, 0.1) is 0 Å². The monoisotopic (exact) mass is 229 g/mol. The molecule has 0 saturated carbocycles. The van der Waals surface area contributed by atoms with Crippen molar-refractivity contribution >= 4 is 23.6 Å². The van der Waals surface area contributed by atoms with Crippen molar-refractivity contribution in [3.63, 3.8) is 0 Å². The minimum atomic E-state index is -0.997. The predicted octanol–water partition coefficient (Wildman–Crippen LogP) is 0.722. The lowest BCUT2D eigenvalue weighted by atomic mass is 10.2. The molecule has 0 heterocycles. The van der Waals surface area contributed by atoms with E-state index in [-0.39, 0.29) is 5.91 Å². The summed E-state index contributed by atoms with van der Waals surface area (Å²) in [6.07, 6.45) is 6.17. The van der Waals surface area contributed by atoms with Crippen molar-refractivity contribution in [1.82, 2.24) is 5.32 Å². The molecule has 1 amide bonds. The highest BCUT2D eigenvalue weighted by Gasteiger charge is 2.17. The van der Waals surface area contributed by atoms with Gasteiger partial charge in [0, 0.05) is 19.1 Å². The highest BCUT2D eigenvalue weighted by atomic mass is 32.2. The predicted molar refractivity (Wildman–Crippen MR) is 60.6 cm³/mol. The molecule has 0 aliphatic heterocycles. The second kappa shape index (κ2) is 8.18. The van der Waals surface area contributed by atoms with Crippen LogP contribution in [0.15, 0.2) is 0 Å². The van der Waals surface area contributed by atoms with Crippen LogP contribution >= 0.6 is 11.8 Å². The maximum Gasteiger partial charge on any atom is 0.326 e. The number of rotatable bonds is 7. The first-order valence-electron chi connectivity index (χ1n) is 4.59. The van der Waals surface area contributed by atoms with Crippen molar-refractivity contribution in [2.75, 3.05) is 11.5 Å². The van der Waals surface area contributed by atoms with E-state index in [0.29, 0.717) is 18.6 Å². The summed E-state index contributed by atoms with van der Waals surface area (Å²) in [5, 5.41) is 11.1. The third kappa shape index (κ3) is 7.89. The Morgan fingerprint density at radius 2 is 2.20 bits per heavy atom. The maximum absolute atomic E-state index is 10.7. The molecule has 0 radical (unpaired) electrons. The molecule has 1 unspecified atom stereocenters. The van der Waals surface area contributed by atoms with Crippen LogP contribution in [-0.2, 0) is 9.59 Å². The molecule has 84 valence electrons. The number of carbonyl (C=O) groups is 2. The van der Waals surface area contributed by atoms with Crippen LogP contribution in [0.1, 0.15) is 19.8 Å². The minimum Gasteiger partial charge on any atom is -0.480 e. The summed E-state index contributed by atoms with van der Waals surface area (Å²) >= 11 is 1.59. The van der Waals surface area contributed by atoms with Gasteiger partial charge < -0.3 is 10.4 Å². The number of amides is 1. The van der Waals surface area contributed by atoms with E-state index in [1.165, 1.54) is 6.92 Å². The Morgan fingerprint density at radius 1 is 1.53 bits per heavy atom. The van der Waals surface area contributed by atoms with Crippen LogP contribution in [0.5, 0.6) is 0 Å². The molecule has 1 atom stereocenters. The molecule has 0 rings (SSSR count). The molecule has 15 heavy (non-hydrogen) atoms. The van der Waals surface area contributed by atoms with Gasteiger partial charge in [0.2, 0.25) is 5.91 Å². The van der Waals surface area contributed by atoms with E-state index in [1.807, 2.05) is 0 Å². The third-order valence-electron chi connectivity index (χ3n) is 1.62. The smallest absolute Gasteiger partial charge is 0.326 e. The van der Waals surface area contributed by atoms with E-state index in [2.05, 4.69) is 11.2 Å². The Hall–Kier alpha value is -1.15. The molecule has 0 aromatic carbocycles. The van der Waals surface area contributed by atoms with Crippen molar-refractivity contribution in [3.8, 4) is 12.3 Å². The van der Waals surface area contributed by atoms with E-state index in [1.54, 1.807) is 11.8 Å². The summed E-state index contributed by atoms with van der Waals surface area (Å²) in [5.41, 5.74) is 0. The number of carboxylic acid groups (broad SMARTS) is 1. The number of hydrogen-bond donors (Lipinski definition) is 2. The molecule has 0 aliphatic rings. The molecule has 0 saturated heterocycles. The van der Waals surface area contributed by atoms with Crippen LogP contribution in [0.3, 0.4) is 0 Å². The lowest BCUT2D eigenvalue weighted by Gasteiger charge is -2.12. The fourth-order valence-corrected chi connectivity index (χ4v) is 1.81. The van der Waals surface area contributed by atoms with Gasteiger partial charge in [-0.15, -0.1) is 12.3 Å². The van der Waals surface area contributed by atoms with Gasteiger partial charge in [0.1, 0.15) is 6.04 Å². The molecular formula is C10H15NO3S. The van der Waals surface area contributed by atoms with Crippen LogP contribution in [0.4, 0.5) is 0 Å². The van der Waals surface area contributed by atoms with E-state index < -0.39 is 12.0 Å². The molecule has 2 N–H and O–H groups in total. The molecule has 0 spiro atoms. The minimum absolute atomic E-state index is 0.323. The standard InChI is InChI=1S/C10H15NO3S/c1-3-4-6-15-7-5-9(10(13)14)11-8(2)12/h1,9H,4-7H2,2H3,(H,11,12)(H,13,14). The number of carbonyl (C=O) groups excluding carboxylic acids is 1. The zero-order valence-corrected chi connectivity index (χ0v) is 9.47. The molecule has 0 aliphatic carbocycles.